The first-order chi connectivity index (χ1) is 9.61. The lowest BCUT2D eigenvalue weighted by Crippen LogP contribution is -2.29. The quantitative estimate of drug-likeness (QED) is 0.427. The first-order valence-electron chi connectivity index (χ1n) is 7.75. The lowest BCUT2D eigenvalue weighted by Gasteiger charge is -2.15. The Balaban J connectivity index is 3.58. The zero-order chi connectivity index (χ0) is 15.2. The average molecular weight is 290 g/mol. The maximum atomic E-state index is 11.0. The number of aliphatic hydroxyl groups excluding tert-OH is 2. The van der Waals surface area contributed by atoms with E-state index < -0.39 is 24.8 Å². The summed E-state index contributed by atoms with van der Waals surface area (Å²) in [5.74, 6) is -1.00. The third-order valence-corrected chi connectivity index (χ3v) is 3.30. The van der Waals surface area contributed by atoms with Crippen molar-refractivity contribution in [2.24, 2.45) is 0 Å². The molecule has 0 aromatic carbocycles. The van der Waals surface area contributed by atoms with Crippen molar-refractivity contribution in [3.8, 4) is 0 Å². The third kappa shape index (κ3) is 11.2. The van der Waals surface area contributed by atoms with Gasteiger partial charge in [0.25, 0.3) is 0 Å². The number of carboxylic acids is 1. The highest BCUT2D eigenvalue weighted by atomic mass is 16.5. The Morgan fingerprint density at radius 2 is 1.60 bits per heavy atom. The Hall–Kier alpha value is -0.650. The minimum absolute atomic E-state index is 0.134. The van der Waals surface area contributed by atoms with Gasteiger partial charge in [-0.15, -0.1) is 0 Å². The van der Waals surface area contributed by atoms with Crippen molar-refractivity contribution in [2.75, 3.05) is 13.2 Å². The van der Waals surface area contributed by atoms with Crippen LogP contribution in [0.2, 0.25) is 0 Å². The zero-order valence-corrected chi connectivity index (χ0v) is 12.6. The predicted molar refractivity (Wildman–Crippen MR) is 77.7 cm³/mol. The van der Waals surface area contributed by atoms with Gasteiger partial charge in [-0.1, -0.05) is 58.3 Å². The molecule has 0 amide bonds. The monoisotopic (exact) mass is 290 g/mol. The lowest BCUT2D eigenvalue weighted by molar-refractivity contribution is -0.153. The highest BCUT2D eigenvalue weighted by Gasteiger charge is 2.18. The Labute approximate surface area is 122 Å². The van der Waals surface area contributed by atoms with Crippen molar-refractivity contribution in [1.29, 1.82) is 0 Å². The van der Waals surface area contributed by atoms with Crippen LogP contribution < -0.4 is 0 Å². The van der Waals surface area contributed by atoms with E-state index in [9.17, 15) is 4.79 Å². The predicted octanol–water partition coefficient (Wildman–Crippen LogP) is 2.34. The van der Waals surface area contributed by atoms with Crippen LogP contribution in [0, 0.1) is 0 Å². The second kappa shape index (κ2) is 13.3. The van der Waals surface area contributed by atoms with Crippen LogP contribution in [-0.4, -0.2) is 46.7 Å². The van der Waals surface area contributed by atoms with Gasteiger partial charge in [-0.25, -0.2) is 4.79 Å². The molecule has 0 aromatic rings. The molecule has 0 aromatic heterocycles. The van der Waals surface area contributed by atoms with Crippen LogP contribution in [0.3, 0.4) is 0 Å². The zero-order valence-electron chi connectivity index (χ0n) is 12.6. The van der Waals surface area contributed by atoms with Gasteiger partial charge in [0.15, 0.2) is 6.10 Å². The van der Waals surface area contributed by atoms with E-state index in [1.54, 1.807) is 0 Å². The first-order valence-corrected chi connectivity index (χ1v) is 7.75. The molecule has 5 nitrogen and oxygen atoms in total. The Bertz CT molecular complexity index is 232. The molecule has 3 N–H and O–H groups in total. The molecule has 0 fully saturated rings. The molecule has 0 spiro atoms. The van der Waals surface area contributed by atoms with Crippen LogP contribution in [0.15, 0.2) is 0 Å². The van der Waals surface area contributed by atoms with Gasteiger partial charge in [0.2, 0.25) is 0 Å². The molecule has 2 unspecified atom stereocenters. The van der Waals surface area contributed by atoms with Gasteiger partial charge in [0.05, 0.1) is 13.2 Å². The molecule has 0 saturated carbocycles. The van der Waals surface area contributed by atoms with Gasteiger partial charge < -0.3 is 20.1 Å². The lowest BCUT2D eigenvalue weighted by atomic mass is 10.1. The smallest absolute Gasteiger partial charge is 0.332 e. The summed E-state index contributed by atoms with van der Waals surface area (Å²) in [7, 11) is 0. The first kappa shape index (κ1) is 19.4. The van der Waals surface area contributed by atoms with Crippen LogP contribution in [0.1, 0.15) is 64.7 Å². The summed E-state index contributed by atoms with van der Waals surface area (Å²) in [5, 5.41) is 26.8. The molecule has 0 rings (SSSR count). The third-order valence-electron chi connectivity index (χ3n) is 3.30. The van der Waals surface area contributed by atoms with Gasteiger partial charge in [-0.3, -0.25) is 0 Å². The van der Waals surface area contributed by atoms with Crippen molar-refractivity contribution in [3.05, 3.63) is 0 Å². The van der Waals surface area contributed by atoms with Crippen LogP contribution >= 0.6 is 0 Å². The Morgan fingerprint density at radius 3 is 2.10 bits per heavy atom. The largest absolute Gasteiger partial charge is 0.479 e. The minimum Gasteiger partial charge on any atom is -0.479 e. The van der Waals surface area contributed by atoms with E-state index in [4.69, 9.17) is 20.1 Å². The van der Waals surface area contributed by atoms with Gasteiger partial charge in [-0.2, -0.15) is 0 Å². The summed E-state index contributed by atoms with van der Waals surface area (Å²) >= 11 is 0. The van der Waals surface area contributed by atoms with E-state index in [-0.39, 0.29) is 6.61 Å². The molecule has 5 heteroatoms. The number of carboxylic acid groups (broad SMARTS) is 1. The normalized spacial score (nSPS) is 14.2. The molecule has 0 heterocycles. The maximum Gasteiger partial charge on any atom is 0.332 e. The van der Waals surface area contributed by atoms with Crippen molar-refractivity contribution in [1.82, 2.24) is 0 Å². The summed E-state index contributed by atoms with van der Waals surface area (Å²) < 4.78 is 5.11. The number of rotatable bonds is 14. The van der Waals surface area contributed by atoms with E-state index in [1.165, 1.54) is 32.1 Å². The molecule has 0 aliphatic carbocycles. The fourth-order valence-corrected chi connectivity index (χ4v) is 2.02. The minimum atomic E-state index is -1.00. The number of ether oxygens (including phenoxy) is 1. The van der Waals surface area contributed by atoms with E-state index in [0.717, 1.165) is 19.3 Å². The Morgan fingerprint density at radius 1 is 1.05 bits per heavy atom. The fraction of sp³-hybridized carbons (Fsp3) is 0.933. The molecule has 20 heavy (non-hydrogen) atoms. The SMILES string of the molecule is CCCCCCCCCCC(OCC(O)CO)C(=O)O. The maximum absolute atomic E-state index is 11.0. The summed E-state index contributed by atoms with van der Waals surface area (Å²) in [5.41, 5.74) is 0. The molecule has 0 saturated heterocycles. The van der Waals surface area contributed by atoms with Crippen LogP contribution in [-0.2, 0) is 9.53 Å². The van der Waals surface area contributed by atoms with Gasteiger partial charge in [0.1, 0.15) is 6.10 Å². The van der Waals surface area contributed by atoms with Gasteiger partial charge >= 0.3 is 5.97 Å². The number of hydrogen-bond acceptors (Lipinski definition) is 4. The van der Waals surface area contributed by atoms with Gasteiger partial charge in [0, 0.05) is 0 Å². The summed E-state index contributed by atoms with van der Waals surface area (Å²) in [6.45, 7) is 1.65. The van der Waals surface area contributed by atoms with E-state index in [0.29, 0.717) is 6.42 Å². The average Bonchev–Trinajstić information content (AvgIpc) is 2.44. The second-order valence-corrected chi connectivity index (χ2v) is 5.26. The number of aliphatic carboxylic acids is 1. The van der Waals surface area contributed by atoms with E-state index in [2.05, 4.69) is 6.92 Å². The van der Waals surface area contributed by atoms with Gasteiger partial charge in [-0.05, 0) is 6.42 Å². The summed E-state index contributed by atoms with van der Waals surface area (Å²) in [6.07, 6.45) is 7.85. The molecular formula is C15H30O5. The highest BCUT2D eigenvalue weighted by molar-refractivity contribution is 5.72. The number of unbranched alkanes of at least 4 members (excludes halogenated alkanes) is 7. The molecule has 120 valence electrons. The molecule has 0 aliphatic heterocycles. The van der Waals surface area contributed by atoms with Crippen molar-refractivity contribution in [2.45, 2.75) is 76.9 Å². The molecule has 2 atom stereocenters. The van der Waals surface area contributed by atoms with E-state index >= 15 is 0 Å². The van der Waals surface area contributed by atoms with E-state index in [1.807, 2.05) is 0 Å². The molecule has 0 bridgehead atoms. The summed E-state index contributed by atoms with van der Waals surface area (Å²) in [6, 6.07) is 0. The van der Waals surface area contributed by atoms with Crippen LogP contribution in [0.4, 0.5) is 0 Å². The van der Waals surface area contributed by atoms with Crippen molar-refractivity contribution >= 4 is 5.97 Å². The molecule has 0 radical (unpaired) electrons. The Kier molecular flexibility index (Phi) is 12.9. The van der Waals surface area contributed by atoms with Crippen LogP contribution in [0.5, 0.6) is 0 Å². The number of carbonyl (C=O) groups is 1. The van der Waals surface area contributed by atoms with Crippen LogP contribution in [0.25, 0.3) is 0 Å². The number of aliphatic hydroxyl groups is 2. The van der Waals surface area contributed by atoms with Crippen molar-refractivity contribution in [3.63, 3.8) is 0 Å². The second-order valence-electron chi connectivity index (χ2n) is 5.26. The topological polar surface area (TPSA) is 87.0 Å². The molecular weight excluding hydrogens is 260 g/mol. The number of hydrogen-bond donors (Lipinski definition) is 3. The standard InChI is InChI=1S/C15H30O5/c1-2-3-4-5-6-7-8-9-10-14(15(18)19)20-12-13(17)11-16/h13-14,16-17H,2-12H2,1H3,(H,18,19). The highest BCUT2D eigenvalue weighted by Crippen LogP contribution is 2.12. The van der Waals surface area contributed by atoms with Crippen molar-refractivity contribution < 1.29 is 24.9 Å². The fourth-order valence-electron chi connectivity index (χ4n) is 2.02. The molecule has 0 aliphatic rings. The summed E-state index contributed by atoms with van der Waals surface area (Å²) in [4.78, 5) is 11.0.